The van der Waals surface area contributed by atoms with Crippen LogP contribution in [-0.2, 0) is 65.2 Å². The van der Waals surface area contributed by atoms with Gasteiger partial charge in [0.15, 0.2) is 12.2 Å². The van der Waals surface area contributed by atoms with Crippen molar-refractivity contribution in [2.45, 2.75) is 69.8 Å². The molecule has 1 heterocycles. The number of hydrogen-bond acceptors (Lipinski definition) is 14. The lowest BCUT2D eigenvalue weighted by Gasteiger charge is -2.48. The van der Waals surface area contributed by atoms with E-state index in [0.29, 0.717) is 5.56 Å². The van der Waals surface area contributed by atoms with Crippen LogP contribution in [0.1, 0.15) is 49.9 Å². The van der Waals surface area contributed by atoms with Gasteiger partial charge in [0.25, 0.3) is 0 Å². The van der Waals surface area contributed by atoms with Crippen molar-refractivity contribution < 1.29 is 73.7 Å². The van der Waals surface area contributed by atoms with E-state index in [1.165, 1.54) is 30.3 Å². The third kappa shape index (κ3) is 8.96. The predicted molar refractivity (Wildman–Crippen MR) is 148 cm³/mol. The highest BCUT2D eigenvalue weighted by atomic mass is 32.2. The Morgan fingerprint density at radius 2 is 1.49 bits per heavy atom. The highest BCUT2D eigenvalue weighted by molar-refractivity contribution is 7.88. The van der Waals surface area contributed by atoms with Gasteiger partial charge in [-0.05, 0) is 41.8 Å². The van der Waals surface area contributed by atoms with E-state index in [0.717, 1.165) is 39.8 Å². The van der Waals surface area contributed by atoms with Gasteiger partial charge in [0.05, 0.1) is 11.6 Å². The quantitative estimate of drug-likeness (QED) is 0.165. The minimum absolute atomic E-state index is 0.0583. The van der Waals surface area contributed by atoms with Crippen molar-refractivity contribution in [1.29, 1.82) is 5.26 Å². The van der Waals surface area contributed by atoms with Crippen molar-refractivity contribution in [2.75, 3.05) is 6.61 Å². The Bertz CT molecular complexity index is 1670. The van der Waals surface area contributed by atoms with Gasteiger partial charge in [-0.1, -0.05) is 18.2 Å². The summed E-state index contributed by atoms with van der Waals surface area (Å²) in [6, 6.07) is 10.1. The highest BCUT2D eigenvalue weighted by Crippen LogP contribution is 2.41. The van der Waals surface area contributed by atoms with Crippen molar-refractivity contribution in [3.8, 4) is 11.8 Å². The van der Waals surface area contributed by atoms with Gasteiger partial charge < -0.3 is 33.0 Å². The molecule has 0 spiro atoms. The second-order valence-electron chi connectivity index (χ2n) is 10.1. The molecule has 1 aliphatic heterocycles. The van der Waals surface area contributed by atoms with E-state index in [1.807, 2.05) is 6.07 Å². The van der Waals surface area contributed by atoms with E-state index >= 15 is 0 Å². The van der Waals surface area contributed by atoms with Crippen molar-refractivity contribution >= 4 is 34.0 Å². The number of nitrogens with zero attached hydrogens (tertiary/aromatic N) is 1. The molecule has 0 unspecified atom stereocenters. The van der Waals surface area contributed by atoms with Gasteiger partial charge in [-0.15, -0.1) is 0 Å². The predicted octanol–water partition coefficient (Wildman–Crippen LogP) is 2.28. The van der Waals surface area contributed by atoms with Crippen LogP contribution in [0.25, 0.3) is 0 Å². The van der Waals surface area contributed by atoms with E-state index in [2.05, 4.69) is 4.18 Å². The molecule has 1 aliphatic rings. The Hall–Kier alpha value is -4.73. The largest absolute Gasteiger partial charge is 0.534 e. The maximum atomic E-state index is 12.7. The zero-order valence-corrected chi connectivity index (χ0v) is 25.9. The Labute approximate surface area is 266 Å². The molecule has 1 saturated heterocycles. The summed E-state index contributed by atoms with van der Waals surface area (Å²) in [6.07, 6.45) is -6.77. The minimum atomic E-state index is -5.92. The van der Waals surface area contributed by atoms with Crippen molar-refractivity contribution in [3.05, 3.63) is 64.7 Å². The molecule has 0 radical (unpaired) electrons. The van der Waals surface area contributed by atoms with Crippen molar-refractivity contribution in [2.24, 2.45) is 0 Å². The molecule has 0 saturated carbocycles. The number of esters is 4. The zero-order valence-electron chi connectivity index (χ0n) is 25.1. The zero-order chi connectivity index (χ0) is 35.3. The summed E-state index contributed by atoms with van der Waals surface area (Å²) in [4.78, 5) is 48.0. The van der Waals surface area contributed by atoms with Gasteiger partial charge in [0.2, 0.25) is 11.9 Å². The van der Waals surface area contributed by atoms with Gasteiger partial charge in [-0.25, -0.2) is 0 Å². The summed E-state index contributed by atoms with van der Waals surface area (Å²) >= 11 is 0. The highest BCUT2D eigenvalue weighted by Gasteiger charge is 2.60. The first-order chi connectivity index (χ1) is 21.8. The number of hydrogen-bond donors (Lipinski definition) is 1. The van der Waals surface area contributed by atoms with E-state index < -0.39 is 82.1 Å². The average Bonchev–Trinajstić information content (AvgIpc) is 2.95. The van der Waals surface area contributed by atoms with Gasteiger partial charge in [0, 0.05) is 33.3 Å². The molecule has 18 heteroatoms. The van der Waals surface area contributed by atoms with Crippen LogP contribution in [-0.4, -0.2) is 73.9 Å². The number of benzene rings is 2. The van der Waals surface area contributed by atoms with Crippen LogP contribution < -0.4 is 4.18 Å². The van der Waals surface area contributed by atoms with Crippen LogP contribution in [0.3, 0.4) is 0 Å². The van der Waals surface area contributed by atoms with Crippen molar-refractivity contribution in [3.63, 3.8) is 0 Å². The maximum Gasteiger partial charge on any atom is 0.534 e. The van der Waals surface area contributed by atoms with Crippen LogP contribution >= 0.6 is 0 Å². The lowest BCUT2D eigenvalue weighted by molar-refractivity contribution is -0.360. The molecule has 0 bridgehead atoms. The first-order valence-electron chi connectivity index (χ1n) is 13.5. The Morgan fingerprint density at radius 1 is 0.915 bits per heavy atom. The molecule has 0 aliphatic carbocycles. The van der Waals surface area contributed by atoms with Crippen LogP contribution in [0, 0.1) is 11.3 Å². The molecule has 2 aromatic carbocycles. The number of rotatable bonds is 10. The third-order valence-corrected chi connectivity index (χ3v) is 7.48. The summed E-state index contributed by atoms with van der Waals surface area (Å²) in [5, 5.41) is 21.8. The number of ether oxygens (including phenoxy) is 5. The molecule has 1 fully saturated rings. The minimum Gasteiger partial charge on any atom is -0.463 e. The number of carbonyl (C=O) groups is 4. The molecular weight excluding hydrogens is 659 g/mol. The summed E-state index contributed by atoms with van der Waals surface area (Å²) in [7, 11) is -5.92. The third-order valence-electron chi connectivity index (χ3n) is 6.50. The molecule has 14 nitrogen and oxygen atoms in total. The van der Waals surface area contributed by atoms with Crippen LogP contribution in [0.2, 0.25) is 0 Å². The molecular formula is C29H28F3NO13S. The smallest absolute Gasteiger partial charge is 0.463 e. The lowest BCUT2D eigenvalue weighted by Crippen LogP contribution is -2.66. The molecule has 3 rings (SSSR count). The number of alkyl halides is 3. The molecule has 254 valence electrons. The first-order valence-corrected chi connectivity index (χ1v) is 14.9. The molecule has 2 aromatic rings. The van der Waals surface area contributed by atoms with E-state index in [9.17, 15) is 51.1 Å². The maximum absolute atomic E-state index is 12.7. The first kappa shape index (κ1) is 36.7. The SMILES string of the molecule is CC(=O)OC[C@H]1O[C@@](O)(c2ccc(C#N)c(Cc3ccc(OS(=O)(=O)C(F)(F)F)cc3)c2)[C@H](OC(C)=O)[C@@H](OC(C)=O)[C@@H]1OC(C)=O. The normalized spacial score (nSPS) is 22.7. The molecule has 5 atom stereocenters. The Kier molecular flexibility index (Phi) is 11.2. The topological polar surface area (TPSA) is 202 Å². The second kappa shape index (κ2) is 14.4. The van der Waals surface area contributed by atoms with Crippen molar-refractivity contribution in [1.82, 2.24) is 0 Å². The van der Waals surface area contributed by atoms with E-state index in [1.54, 1.807) is 0 Å². The summed E-state index contributed by atoms with van der Waals surface area (Å²) < 4.78 is 91.7. The lowest BCUT2D eigenvalue weighted by atomic mass is 9.85. The molecule has 0 aromatic heterocycles. The second-order valence-corrected chi connectivity index (χ2v) is 11.7. The van der Waals surface area contributed by atoms with Crippen LogP contribution in [0.15, 0.2) is 42.5 Å². The molecule has 1 N–H and O–H groups in total. The summed E-state index contributed by atoms with van der Waals surface area (Å²) in [5.41, 5.74) is -5.21. The fourth-order valence-electron chi connectivity index (χ4n) is 4.64. The fourth-order valence-corrected chi connectivity index (χ4v) is 5.10. The standard InChI is InChI=1S/C29H28F3NO13S/c1-15(34)41-14-24-25(42-16(2)35)26(43-17(3)36)27(44-18(4)37)28(38,45-24)22-8-7-20(13-33)21(12-22)11-19-5-9-23(10-6-19)46-47(39,40)29(30,31)32/h5-10,12,24-27,38H,11,14H2,1-4H3/t24-,25-,26+,27-,28+/m1/s1. The van der Waals surface area contributed by atoms with Gasteiger partial charge in [0.1, 0.15) is 18.5 Å². The van der Waals surface area contributed by atoms with Gasteiger partial charge in [-0.2, -0.15) is 26.9 Å². The monoisotopic (exact) mass is 687 g/mol. The summed E-state index contributed by atoms with van der Waals surface area (Å²) in [5.74, 6) is -6.90. The average molecular weight is 688 g/mol. The van der Waals surface area contributed by atoms with Crippen LogP contribution in [0.5, 0.6) is 5.75 Å². The number of halogens is 3. The summed E-state index contributed by atoms with van der Waals surface area (Å²) in [6.45, 7) is 3.45. The molecule has 47 heavy (non-hydrogen) atoms. The van der Waals surface area contributed by atoms with Gasteiger partial charge >= 0.3 is 39.5 Å². The van der Waals surface area contributed by atoms with E-state index in [-0.39, 0.29) is 23.1 Å². The van der Waals surface area contributed by atoms with Crippen LogP contribution in [0.4, 0.5) is 13.2 Å². The molecule has 0 amide bonds. The number of nitriles is 1. The number of aliphatic hydroxyl groups is 1. The Morgan fingerprint density at radius 3 is 2.00 bits per heavy atom. The fraction of sp³-hybridized carbons (Fsp3) is 0.414. The van der Waals surface area contributed by atoms with E-state index in [4.69, 9.17) is 23.7 Å². The number of carbonyl (C=O) groups excluding carboxylic acids is 4. The Balaban J connectivity index is 2.10. The van der Waals surface area contributed by atoms with Gasteiger partial charge in [-0.3, -0.25) is 19.2 Å².